The minimum Gasteiger partial charge on any atom is -0.496 e. The number of amides is 1. The van der Waals surface area contributed by atoms with Crippen molar-refractivity contribution in [1.29, 1.82) is 0 Å². The van der Waals surface area contributed by atoms with E-state index in [1.807, 2.05) is 12.1 Å². The van der Waals surface area contributed by atoms with Crippen molar-refractivity contribution in [2.75, 3.05) is 19.5 Å². The van der Waals surface area contributed by atoms with Crippen molar-refractivity contribution < 1.29 is 14.3 Å². The molecule has 3 aromatic rings. The van der Waals surface area contributed by atoms with Crippen LogP contribution < -0.4 is 14.8 Å². The van der Waals surface area contributed by atoms with E-state index in [0.717, 1.165) is 11.3 Å². The lowest BCUT2D eigenvalue weighted by Crippen LogP contribution is -2.12. The van der Waals surface area contributed by atoms with E-state index in [9.17, 15) is 4.79 Å². The molecule has 0 saturated heterocycles. The number of anilines is 1. The highest BCUT2D eigenvalue weighted by molar-refractivity contribution is 7.98. The summed E-state index contributed by atoms with van der Waals surface area (Å²) < 4.78 is 10.6. The zero-order valence-electron chi connectivity index (χ0n) is 16.5. The number of nitrogens with one attached hydrogen (secondary N) is 1. The van der Waals surface area contributed by atoms with Crippen molar-refractivity contribution in [3.63, 3.8) is 0 Å². The maximum atomic E-state index is 12.7. The summed E-state index contributed by atoms with van der Waals surface area (Å²) in [7, 11) is 3.18. The van der Waals surface area contributed by atoms with Crippen LogP contribution in [0.3, 0.4) is 0 Å². The van der Waals surface area contributed by atoms with Gasteiger partial charge in [0.25, 0.3) is 5.91 Å². The zero-order valence-corrected chi connectivity index (χ0v) is 18.1. The summed E-state index contributed by atoms with van der Waals surface area (Å²) in [4.78, 5) is 13.9. The fraction of sp³-hybridized carbons (Fsp3) is 0.174. The Hall–Kier alpha value is -2.63. The molecule has 0 spiro atoms. The minimum atomic E-state index is -0.213. The lowest BCUT2D eigenvalue weighted by Gasteiger charge is -2.12. The van der Waals surface area contributed by atoms with Crippen LogP contribution in [0.1, 0.15) is 21.5 Å². The number of aryl methyl sites for hydroxylation is 1. The molecule has 0 unspecified atom stereocenters. The van der Waals surface area contributed by atoms with Gasteiger partial charge < -0.3 is 14.8 Å². The molecule has 29 heavy (non-hydrogen) atoms. The van der Waals surface area contributed by atoms with Crippen molar-refractivity contribution in [3.05, 3.63) is 82.4 Å². The third-order valence-electron chi connectivity index (χ3n) is 4.37. The molecule has 0 radical (unpaired) electrons. The van der Waals surface area contributed by atoms with Crippen molar-refractivity contribution >= 4 is 35.0 Å². The third kappa shape index (κ3) is 5.46. The lowest BCUT2D eigenvalue weighted by atomic mass is 10.1. The van der Waals surface area contributed by atoms with E-state index in [0.29, 0.717) is 27.8 Å². The van der Waals surface area contributed by atoms with Crippen molar-refractivity contribution in [2.45, 2.75) is 17.6 Å². The van der Waals surface area contributed by atoms with E-state index in [4.69, 9.17) is 21.1 Å². The van der Waals surface area contributed by atoms with Gasteiger partial charge in [-0.25, -0.2) is 0 Å². The molecule has 0 saturated carbocycles. The average Bonchev–Trinajstić information content (AvgIpc) is 2.73. The fourth-order valence-electron chi connectivity index (χ4n) is 2.78. The van der Waals surface area contributed by atoms with Gasteiger partial charge in [0, 0.05) is 27.5 Å². The first kappa shape index (κ1) is 21.1. The molecular formula is C23H22ClNO3S. The molecule has 6 heteroatoms. The van der Waals surface area contributed by atoms with Crippen LogP contribution in [0, 0.1) is 6.92 Å². The van der Waals surface area contributed by atoms with Crippen molar-refractivity contribution in [2.24, 2.45) is 0 Å². The highest BCUT2D eigenvalue weighted by Crippen LogP contribution is 2.30. The first-order valence-electron chi connectivity index (χ1n) is 9.01. The monoisotopic (exact) mass is 427 g/mol. The van der Waals surface area contributed by atoms with E-state index in [-0.39, 0.29) is 5.91 Å². The van der Waals surface area contributed by atoms with E-state index < -0.39 is 0 Å². The van der Waals surface area contributed by atoms with Crippen LogP contribution in [0.4, 0.5) is 5.69 Å². The minimum absolute atomic E-state index is 0.213. The normalized spacial score (nSPS) is 10.5. The quantitative estimate of drug-likeness (QED) is 0.455. The summed E-state index contributed by atoms with van der Waals surface area (Å²) in [5.74, 6) is 1.80. The average molecular weight is 428 g/mol. The molecule has 0 fully saturated rings. The number of ether oxygens (including phenoxy) is 2. The molecule has 0 bridgehead atoms. The van der Waals surface area contributed by atoms with Crippen LogP contribution in [0.15, 0.2) is 65.6 Å². The number of rotatable bonds is 7. The molecule has 3 rings (SSSR count). The zero-order chi connectivity index (χ0) is 20.8. The maximum Gasteiger partial charge on any atom is 0.255 e. The molecule has 0 atom stereocenters. The number of hydrogen-bond acceptors (Lipinski definition) is 4. The van der Waals surface area contributed by atoms with Gasteiger partial charge in [-0.1, -0.05) is 29.3 Å². The Kier molecular flexibility index (Phi) is 7.07. The first-order chi connectivity index (χ1) is 14.0. The third-order valence-corrected chi connectivity index (χ3v) is 5.72. The summed E-state index contributed by atoms with van der Waals surface area (Å²) in [5.41, 5.74) is 3.34. The van der Waals surface area contributed by atoms with E-state index in [1.54, 1.807) is 50.2 Å². The number of methoxy groups -OCH3 is 2. The van der Waals surface area contributed by atoms with Gasteiger partial charge in [-0.05, 0) is 55.5 Å². The Morgan fingerprint density at radius 1 is 0.966 bits per heavy atom. The van der Waals surface area contributed by atoms with E-state index >= 15 is 0 Å². The van der Waals surface area contributed by atoms with Crippen LogP contribution >= 0.6 is 23.4 Å². The number of carbonyl (C=O) groups is 1. The second-order valence-corrected chi connectivity index (χ2v) is 7.89. The van der Waals surface area contributed by atoms with Crippen LogP contribution in [-0.2, 0) is 5.75 Å². The Morgan fingerprint density at radius 2 is 1.66 bits per heavy atom. The van der Waals surface area contributed by atoms with Gasteiger partial charge in [-0.15, -0.1) is 11.8 Å². The van der Waals surface area contributed by atoms with Gasteiger partial charge >= 0.3 is 0 Å². The van der Waals surface area contributed by atoms with E-state index in [1.165, 1.54) is 10.5 Å². The molecule has 1 amide bonds. The fourth-order valence-corrected chi connectivity index (χ4v) is 3.91. The number of halogens is 1. The van der Waals surface area contributed by atoms with Crippen molar-refractivity contribution in [1.82, 2.24) is 0 Å². The lowest BCUT2D eigenvalue weighted by molar-refractivity contribution is 0.102. The second-order valence-electron chi connectivity index (χ2n) is 6.43. The van der Waals surface area contributed by atoms with Crippen LogP contribution in [0.25, 0.3) is 0 Å². The second kappa shape index (κ2) is 9.72. The first-order valence-corrected chi connectivity index (χ1v) is 10.4. The van der Waals surface area contributed by atoms with Crippen molar-refractivity contribution in [3.8, 4) is 11.5 Å². The van der Waals surface area contributed by atoms with Gasteiger partial charge in [-0.3, -0.25) is 4.79 Å². The van der Waals surface area contributed by atoms with E-state index in [2.05, 4.69) is 36.5 Å². The van der Waals surface area contributed by atoms with Crippen LogP contribution in [-0.4, -0.2) is 20.1 Å². The Balaban J connectivity index is 1.75. The molecule has 0 aliphatic heterocycles. The van der Waals surface area contributed by atoms with Gasteiger partial charge in [0.05, 0.1) is 19.2 Å². The highest BCUT2D eigenvalue weighted by atomic mass is 35.5. The smallest absolute Gasteiger partial charge is 0.255 e. The number of benzene rings is 3. The molecule has 0 aliphatic rings. The highest BCUT2D eigenvalue weighted by Gasteiger charge is 2.12. The molecular weight excluding hydrogens is 406 g/mol. The Morgan fingerprint density at radius 3 is 2.31 bits per heavy atom. The molecule has 0 aromatic heterocycles. The molecule has 4 nitrogen and oxygen atoms in total. The predicted molar refractivity (Wildman–Crippen MR) is 120 cm³/mol. The van der Waals surface area contributed by atoms with Crippen LogP contribution in [0.5, 0.6) is 11.5 Å². The number of carbonyl (C=O) groups excluding carboxylic acids is 1. The molecule has 0 aliphatic carbocycles. The Bertz CT molecular complexity index is 1010. The summed E-state index contributed by atoms with van der Waals surface area (Å²) in [6.07, 6.45) is 0. The molecule has 0 heterocycles. The summed E-state index contributed by atoms with van der Waals surface area (Å²) in [5, 5.41) is 3.31. The summed E-state index contributed by atoms with van der Waals surface area (Å²) >= 11 is 7.84. The van der Waals surface area contributed by atoms with Gasteiger partial charge in [0.1, 0.15) is 11.5 Å². The SMILES string of the molecule is COc1ccc(NC(=O)c2ccc(OC)c(CSc3ccc(C)cc3)c2)cc1Cl. The summed E-state index contributed by atoms with van der Waals surface area (Å²) in [6, 6.07) is 18.9. The van der Waals surface area contributed by atoms with Crippen LogP contribution in [0.2, 0.25) is 5.02 Å². The summed E-state index contributed by atoms with van der Waals surface area (Å²) in [6.45, 7) is 2.07. The topological polar surface area (TPSA) is 47.6 Å². The molecule has 1 N–H and O–H groups in total. The molecule has 3 aromatic carbocycles. The standard InChI is InChI=1S/C23H22ClNO3S/c1-15-4-8-19(9-5-15)29-14-17-12-16(6-10-21(17)27-2)23(26)25-18-7-11-22(28-3)20(24)13-18/h4-13H,14H2,1-3H3,(H,25,26). The van der Waals surface area contributed by atoms with Gasteiger partial charge in [0.2, 0.25) is 0 Å². The molecule has 150 valence electrons. The number of thioether (sulfide) groups is 1. The maximum absolute atomic E-state index is 12.7. The number of hydrogen-bond donors (Lipinski definition) is 1. The Labute approximate surface area is 180 Å². The largest absolute Gasteiger partial charge is 0.496 e. The predicted octanol–water partition coefficient (Wildman–Crippen LogP) is 6.21. The van der Waals surface area contributed by atoms with Gasteiger partial charge in [0.15, 0.2) is 0 Å². The van der Waals surface area contributed by atoms with Gasteiger partial charge in [-0.2, -0.15) is 0 Å².